The molecule has 20 heavy (non-hydrogen) atoms. The summed E-state index contributed by atoms with van der Waals surface area (Å²) in [7, 11) is 0. The fourth-order valence-electron chi connectivity index (χ4n) is 2.17. The summed E-state index contributed by atoms with van der Waals surface area (Å²) in [5.74, 6) is -1.88. The van der Waals surface area contributed by atoms with Crippen molar-refractivity contribution >= 4 is 29.1 Å². The SMILES string of the molecule is O=C(NCC(=O)N1CCCC(C(=O)O)C1)c1cccs1. The van der Waals surface area contributed by atoms with Crippen molar-refractivity contribution in [2.45, 2.75) is 12.8 Å². The van der Waals surface area contributed by atoms with Crippen molar-refractivity contribution in [3.05, 3.63) is 22.4 Å². The van der Waals surface area contributed by atoms with Crippen LogP contribution in [-0.4, -0.2) is 47.4 Å². The van der Waals surface area contributed by atoms with Crippen LogP contribution in [0.15, 0.2) is 17.5 Å². The van der Waals surface area contributed by atoms with E-state index in [4.69, 9.17) is 5.11 Å². The van der Waals surface area contributed by atoms with Gasteiger partial charge in [0.05, 0.1) is 17.3 Å². The van der Waals surface area contributed by atoms with E-state index in [1.807, 2.05) is 0 Å². The summed E-state index contributed by atoms with van der Waals surface area (Å²) < 4.78 is 0. The van der Waals surface area contributed by atoms with Crippen molar-refractivity contribution in [2.75, 3.05) is 19.6 Å². The lowest BCUT2D eigenvalue weighted by Gasteiger charge is -2.30. The summed E-state index contributed by atoms with van der Waals surface area (Å²) in [6, 6.07) is 3.45. The van der Waals surface area contributed by atoms with Gasteiger partial charge in [-0.25, -0.2) is 0 Å². The first-order chi connectivity index (χ1) is 9.58. The van der Waals surface area contributed by atoms with Gasteiger partial charge in [0.1, 0.15) is 0 Å². The van der Waals surface area contributed by atoms with Crippen LogP contribution < -0.4 is 5.32 Å². The minimum absolute atomic E-state index is 0.0942. The van der Waals surface area contributed by atoms with Gasteiger partial charge in [-0.15, -0.1) is 11.3 Å². The molecule has 1 fully saturated rings. The van der Waals surface area contributed by atoms with Gasteiger partial charge in [-0.1, -0.05) is 6.07 Å². The Hall–Kier alpha value is -1.89. The first kappa shape index (κ1) is 14.5. The molecule has 7 heteroatoms. The lowest BCUT2D eigenvalue weighted by Crippen LogP contribution is -2.46. The van der Waals surface area contributed by atoms with Gasteiger partial charge in [-0.05, 0) is 24.3 Å². The summed E-state index contributed by atoms with van der Waals surface area (Å²) in [6.07, 6.45) is 1.28. The number of rotatable bonds is 4. The van der Waals surface area contributed by atoms with Gasteiger partial charge < -0.3 is 15.3 Å². The molecule has 108 valence electrons. The molecule has 1 atom stereocenters. The summed E-state index contributed by atoms with van der Waals surface area (Å²) in [5, 5.41) is 13.3. The molecule has 6 nitrogen and oxygen atoms in total. The molecule has 1 aliphatic heterocycles. The number of thiophene rings is 1. The molecule has 0 saturated carbocycles. The number of aliphatic carboxylic acids is 1. The number of carboxylic acids is 1. The van der Waals surface area contributed by atoms with E-state index in [0.717, 1.165) is 0 Å². The van der Waals surface area contributed by atoms with Crippen LogP contribution in [0.5, 0.6) is 0 Å². The fraction of sp³-hybridized carbons (Fsp3) is 0.462. The molecule has 0 aromatic carbocycles. The van der Waals surface area contributed by atoms with E-state index in [2.05, 4.69) is 5.32 Å². The number of piperidine rings is 1. The van der Waals surface area contributed by atoms with Crippen molar-refractivity contribution < 1.29 is 19.5 Å². The number of hydrogen-bond acceptors (Lipinski definition) is 4. The lowest BCUT2D eigenvalue weighted by molar-refractivity contribution is -0.145. The molecule has 2 amide bonds. The highest BCUT2D eigenvalue weighted by Gasteiger charge is 2.28. The number of carbonyl (C=O) groups is 3. The van der Waals surface area contributed by atoms with Crippen molar-refractivity contribution in [3.8, 4) is 0 Å². The first-order valence-corrected chi connectivity index (χ1v) is 7.28. The molecule has 1 aromatic heterocycles. The van der Waals surface area contributed by atoms with Crippen LogP contribution >= 0.6 is 11.3 Å². The van der Waals surface area contributed by atoms with Gasteiger partial charge in [0, 0.05) is 13.1 Å². The van der Waals surface area contributed by atoms with E-state index < -0.39 is 11.9 Å². The molecule has 1 unspecified atom stereocenters. The molecule has 1 aliphatic rings. The van der Waals surface area contributed by atoms with Crippen LogP contribution in [0.3, 0.4) is 0 Å². The quantitative estimate of drug-likeness (QED) is 0.860. The van der Waals surface area contributed by atoms with Crippen LogP contribution in [0.2, 0.25) is 0 Å². The van der Waals surface area contributed by atoms with E-state index in [-0.39, 0.29) is 24.9 Å². The number of nitrogens with one attached hydrogen (secondary N) is 1. The molecule has 2 rings (SSSR count). The summed E-state index contributed by atoms with van der Waals surface area (Å²) in [5.41, 5.74) is 0. The zero-order valence-electron chi connectivity index (χ0n) is 10.9. The van der Waals surface area contributed by atoms with Crippen molar-refractivity contribution in [3.63, 3.8) is 0 Å². The average molecular weight is 296 g/mol. The number of hydrogen-bond donors (Lipinski definition) is 2. The maximum absolute atomic E-state index is 12.0. The molecular formula is C13H16N2O4S. The zero-order chi connectivity index (χ0) is 14.5. The molecule has 0 bridgehead atoms. The van der Waals surface area contributed by atoms with Gasteiger partial charge in [0.25, 0.3) is 5.91 Å². The molecule has 0 radical (unpaired) electrons. The largest absolute Gasteiger partial charge is 0.481 e. The Bertz CT molecular complexity index is 500. The first-order valence-electron chi connectivity index (χ1n) is 6.40. The predicted octanol–water partition coefficient (Wildman–Crippen LogP) is 0.801. The van der Waals surface area contributed by atoms with Crippen LogP contribution in [0.25, 0.3) is 0 Å². The van der Waals surface area contributed by atoms with Crippen LogP contribution in [-0.2, 0) is 9.59 Å². The van der Waals surface area contributed by atoms with Gasteiger partial charge in [-0.2, -0.15) is 0 Å². The van der Waals surface area contributed by atoms with Gasteiger partial charge in [0.2, 0.25) is 5.91 Å². The summed E-state index contributed by atoms with van der Waals surface area (Å²) in [6.45, 7) is 0.684. The van der Waals surface area contributed by atoms with Crippen molar-refractivity contribution in [1.29, 1.82) is 0 Å². The number of amides is 2. The number of carboxylic acid groups (broad SMARTS) is 1. The Labute approximate surface area is 120 Å². The Morgan fingerprint density at radius 1 is 1.45 bits per heavy atom. The molecule has 0 spiro atoms. The average Bonchev–Trinajstić information content (AvgIpc) is 2.98. The van der Waals surface area contributed by atoms with Crippen LogP contribution in [0.4, 0.5) is 0 Å². The number of nitrogens with zero attached hydrogens (tertiary/aromatic N) is 1. The van der Waals surface area contributed by atoms with Gasteiger partial charge in [0.15, 0.2) is 0 Å². The van der Waals surface area contributed by atoms with Crippen LogP contribution in [0.1, 0.15) is 22.5 Å². The highest BCUT2D eigenvalue weighted by atomic mass is 32.1. The second-order valence-corrected chi connectivity index (χ2v) is 5.62. The van der Waals surface area contributed by atoms with E-state index in [0.29, 0.717) is 24.3 Å². The zero-order valence-corrected chi connectivity index (χ0v) is 11.7. The monoisotopic (exact) mass is 296 g/mol. The number of likely N-dealkylation sites (tertiary alicyclic amines) is 1. The summed E-state index contributed by atoms with van der Waals surface area (Å²) in [4.78, 5) is 36.7. The van der Waals surface area contributed by atoms with E-state index in [9.17, 15) is 14.4 Å². The third-order valence-corrected chi connectivity index (χ3v) is 4.14. The maximum atomic E-state index is 12.0. The third kappa shape index (κ3) is 3.57. The minimum Gasteiger partial charge on any atom is -0.481 e. The molecule has 2 N–H and O–H groups in total. The lowest BCUT2D eigenvalue weighted by atomic mass is 9.98. The topological polar surface area (TPSA) is 86.7 Å². The molecule has 0 aliphatic carbocycles. The summed E-state index contributed by atoms with van der Waals surface area (Å²) >= 11 is 1.31. The normalized spacial score (nSPS) is 18.6. The molecule has 1 saturated heterocycles. The number of carbonyl (C=O) groups excluding carboxylic acids is 2. The standard InChI is InChI=1S/C13H16N2O4S/c16-11(7-14-12(17)10-4-2-6-20-10)15-5-1-3-9(8-15)13(18)19/h2,4,6,9H,1,3,5,7-8H2,(H,14,17)(H,18,19). The smallest absolute Gasteiger partial charge is 0.308 e. The van der Waals surface area contributed by atoms with Crippen molar-refractivity contribution in [1.82, 2.24) is 10.2 Å². The Morgan fingerprint density at radius 3 is 2.90 bits per heavy atom. The highest BCUT2D eigenvalue weighted by molar-refractivity contribution is 7.12. The maximum Gasteiger partial charge on any atom is 0.308 e. The third-order valence-electron chi connectivity index (χ3n) is 3.27. The second kappa shape index (κ2) is 6.51. The second-order valence-electron chi connectivity index (χ2n) is 4.68. The highest BCUT2D eigenvalue weighted by Crippen LogP contribution is 2.16. The van der Waals surface area contributed by atoms with Crippen molar-refractivity contribution in [2.24, 2.45) is 5.92 Å². The van der Waals surface area contributed by atoms with E-state index in [1.54, 1.807) is 17.5 Å². The van der Waals surface area contributed by atoms with Crippen LogP contribution in [0, 0.1) is 5.92 Å². The molecule has 1 aromatic rings. The Kier molecular flexibility index (Phi) is 4.73. The fourth-order valence-corrected chi connectivity index (χ4v) is 2.81. The van der Waals surface area contributed by atoms with E-state index in [1.165, 1.54) is 16.2 Å². The van der Waals surface area contributed by atoms with Gasteiger partial charge in [-0.3, -0.25) is 14.4 Å². The molecule has 2 heterocycles. The minimum atomic E-state index is -0.870. The predicted molar refractivity (Wildman–Crippen MR) is 73.6 cm³/mol. The molecular weight excluding hydrogens is 280 g/mol. The van der Waals surface area contributed by atoms with E-state index >= 15 is 0 Å². The Morgan fingerprint density at radius 2 is 2.25 bits per heavy atom. The van der Waals surface area contributed by atoms with Gasteiger partial charge >= 0.3 is 5.97 Å². The Balaban J connectivity index is 1.82.